The lowest BCUT2D eigenvalue weighted by Crippen LogP contribution is -2.35. The SMILES string of the molecule is Cc1sc(C(NCC(C)C)C(N)=O)cc1Br. The average Bonchev–Trinajstić information content (AvgIpc) is 2.46. The van der Waals surface area contributed by atoms with Gasteiger partial charge in [-0.1, -0.05) is 13.8 Å². The Kier molecular flexibility index (Phi) is 4.95. The molecule has 0 fully saturated rings. The number of amides is 1. The van der Waals surface area contributed by atoms with Gasteiger partial charge in [-0.15, -0.1) is 11.3 Å². The molecule has 0 radical (unpaired) electrons. The number of thiophene rings is 1. The molecule has 1 aromatic heterocycles. The zero-order chi connectivity index (χ0) is 12.3. The fourth-order valence-electron chi connectivity index (χ4n) is 1.32. The fraction of sp³-hybridized carbons (Fsp3) is 0.545. The highest BCUT2D eigenvalue weighted by atomic mass is 79.9. The van der Waals surface area contributed by atoms with Crippen molar-refractivity contribution in [2.75, 3.05) is 6.54 Å². The van der Waals surface area contributed by atoms with E-state index in [9.17, 15) is 4.79 Å². The Labute approximate surface area is 109 Å². The average molecular weight is 305 g/mol. The van der Waals surface area contributed by atoms with Crippen molar-refractivity contribution in [1.82, 2.24) is 5.32 Å². The molecule has 0 aromatic carbocycles. The molecule has 0 spiro atoms. The lowest BCUT2D eigenvalue weighted by atomic mass is 10.2. The van der Waals surface area contributed by atoms with E-state index in [-0.39, 0.29) is 11.9 Å². The van der Waals surface area contributed by atoms with Crippen LogP contribution in [0.5, 0.6) is 0 Å². The van der Waals surface area contributed by atoms with Crippen molar-refractivity contribution in [1.29, 1.82) is 0 Å². The smallest absolute Gasteiger partial charge is 0.239 e. The van der Waals surface area contributed by atoms with Crippen LogP contribution < -0.4 is 11.1 Å². The second kappa shape index (κ2) is 5.80. The Balaban J connectivity index is 2.81. The highest BCUT2D eigenvalue weighted by molar-refractivity contribution is 9.10. The van der Waals surface area contributed by atoms with E-state index in [1.165, 1.54) is 0 Å². The summed E-state index contributed by atoms with van der Waals surface area (Å²) in [6, 6.07) is 1.58. The maximum absolute atomic E-state index is 11.4. The number of rotatable bonds is 5. The van der Waals surface area contributed by atoms with Crippen LogP contribution in [0.3, 0.4) is 0 Å². The van der Waals surface area contributed by atoms with Crippen LogP contribution >= 0.6 is 27.3 Å². The number of aryl methyl sites for hydroxylation is 1. The first kappa shape index (κ1) is 13.7. The van der Waals surface area contributed by atoms with E-state index in [1.807, 2.05) is 13.0 Å². The van der Waals surface area contributed by atoms with Crippen molar-refractivity contribution >= 4 is 33.2 Å². The number of nitrogens with one attached hydrogen (secondary N) is 1. The Morgan fingerprint density at radius 3 is 2.62 bits per heavy atom. The molecule has 1 heterocycles. The Morgan fingerprint density at radius 2 is 2.25 bits per heavy atom. The van der Waals surface area contributed by atoms with Crippen molar-refractivity contribution in [2.45, 2.75) is 26.8 Å². The van der Waals surface area contributed by atoms with Crippen molar-refractivity contribution in [3.05, 3.63) is 20.3 Å². The van der Waals surface area contributed by atoms with Gasteiger partial charge in [-0.05, 0) is 41.4 Å². The topological polar surface area (TPSA) is 55.1 Å². The lowest BCUT2D eigenvalue weighted by Gasteiger charge is -2.15. The predicted molar refractivity (Wildman–Crippen MR) is 71.5 cm³/mol. The van der Waals surface area contributed by atoms with Gasteiger partial charge in [-0.2, -0.15) is 0 Å². The van der Waals surface area contributed by atoms with Crippen molar-refractivity contribution in [2.24, 2.45) is 11.7 Å². The van der Waals surface area contributed by atoms with Gasteiger partial charge in [-0.3, -0.25) is 4.79 Å². The van der Waals surface area contributed by atoms with E-state index in [2.05, 4.69) is 35.1 Å². The molecule has 0 bridgehead atoms. The van der Waals surface area contributed by atoms with Crippen LogP contribution in [-0.4, -0.2) is 12.5 Å². The monoisotopic (exact) mass is 304 g/mol. The third kappa shape index (κ3) is 3.57. The summed E-state index contributed by atoms with van der Waals surface area (Å²) in [5, 5.41) is 3.19. The number of carbonyl (C=O) groups is 1. The van der Waals surface area contributed by atoms with E-state index < -0.39 is 0 Å². The summed E-state index contributed by atoms with van der Waals surface area (Å²) in [6.45, 7) is 6.99. The van der Waals surface area contributed by atoms with Gasteiger partial charge in [0.05, 0.1) is 0 Å². The number of hydrogen-bond donors (Lipinski definition) is 2. The molecule has 3 N–H and O–H groups in total. The molecule has 1 rings (SSSR count). The number of halogens is 1. The molecular weight excluding hydrogens is 288 g/mol. The van der Waals surface area contributed by atoms with Crippen LogP contribution in [0.25, 0.3) is 0 Å². The molecule has 1 aromatic rings. The molecule has 1 unspecified atom stereocenters. The first-order valence-electron chi connectivity index (χ1n) is 5.20. The molecule has 0 aliphatic rings. The van der Waals surface area contributed by atoms with E-state index in [4.69, 9.17) is 5.73 Å². The fourth-order valence-corrected chi connectivity index (χ4v) is 2.96. The minimum atomic E-state index is -0.377. The van der Waals surface area contributed by atoms with E-state index in [1.54, 1.807) is 11.3 Å². The van der Waals surface area contributed by atoms with Gasteiger partial charge in [0, 0.05) is 14.2 Å². The number of hydrogen-bond acceptors (Lipinski definition) is 3. The Hall–Kier alpha value is -0.390. The van der Waals surface area contributed by atoms with Crippen molar-refractivity contribution in [3.63, 3.8) is 0 Å². The zero-order valence-electron chi connectivity index (χ0n) is 9.71. The molecule has 16 heavy (non-hydrogen) atoms. The first-order valence-corrected chi connectivity index (χ1v) is 6.81. The van der Waals surface area contributed by atoms with Crippen LogP contribution in [0.2, 0.25) is 0 Å². The lowest BCUT2D eigenvalue weighted by molar-refractivity contribution is -0.120. The normalized spacial score (nSPS) is 13.1. The van der Waals surface area contributed by atoms with Gasteiger partial charge in [0.1, 0.15) is 6.04 Å². The van der Waals surface area contributed by atoms with Crippen molar-refractivity contribution < 1.29 is 4.79 Å². The van der Waals surface area contributed by atoms with Gasteiger partial charge in [0.15, 0.2) is 0 Å². The summed E-state index contributed by atoms with van der Waals surface area (Å²) in [5.74, 6) is 0.167. The molecule has 1 atom stereocenters. The number of primary amides is 1. The summed E-state index contributed by atoms with van der Waals surface area (Å²) in [6.07, 6.45) is 0. The number of nitrogens with two attached hydrogens (primary N) is 1. The van der Waals surface area contributed by atoms with Gasteiger partial charge >= 0.3 is 0 Å². The van der Waals surface area contributed by atoms with Crippen LogP contribution in [-0.2, 0) is 4.79 Å². The first-order chi connectivity index (χ1) is 7.41. The molecule has 90 valence electrons. The summed E-state index contributed by atoms with van der Waals surface area (Å²) in [5.41, 5.74) is 5.40. The minimum Gasteiger partial charge on any atom is -0.368 e. The summed E-state index contributed by atoms with van der Waals surface area (Å²) in [4.78, 5) is 13.5. The third-order valence-corrected chi connectivity index (χ3v) is 4.38. The van der Waals surface area contributed by atoms with Crippen LogP contribution in [0.1, 0.15) is 29.6 Å². The van der Waals surface area contributed by atoms with Gasteiger partial charge in [0.25, 0.3) is 0 Å². The molecule has 5 heteroatoms. The second-order valence-corrected chi connectivity index (χ2v) is 6.33. The third-order valence-electron chi connectivity index (χ3n) is 2.18. The highest BCUT2D eigenvalue weighted by Gasteiger charge is 2.20. The maximum atomic E-state index is 11.4. The molecule has 0 saturated heterocycles. The largest absolute Gasteiger partial charge is 0.368 e. The van der Waals surface area contributed by atoms with E-state index >= 15 is 0 Å². The summed E-state index contributed by atoms with van der Waals surface area (Å²) >= 11 is 5.04. The molecule has 0 aliphatic carbocycles. The summed E-state index contributed by atoms with van der Waals surface area (Å²) in [7, 11) is 0. The van der Waals surface area contributed by atoms with Crippen LogP contribution in [0.15, 0.2) is 10.5 Å². The van der Waals surface area contributed by atoms with Crippen LogP contribution in [0.4, 0.5) is 0 Å². The second-order valence-electron chi connectivity index (χ2n) is 4.19. The quantitative estimate of drug-likeness (QED) is 0.878. The highest BCUT2D eigenvalue weighted by Crippen LogP contribution is 2.30. The molecule has 1 amide bonds. The Morgan fingerprint density at radius 1 is 1.62 bits per heavy atom. The minimum absolute atomic E-state index is 0.325. The standard InChI is InChI=1S/C11H17BrN2OS/c1-6(2)5-14-10(11(13)15)9-4-8(12)7(3)16-9/h4,6,10,14H,5H2,1-3H3,(H2,13,15). The Bertz CT molecular complexity index is 357. The predicted octanol–water partition coefficient (Wildman–Crippen LogP) is 2.59. The molecule has 3 nitrogen and oxygen atoms in total. The zero-order valence-corrected chi connectivity index (χ0v) is 12.1. The number of carbonyl (C=O) groups excluding carboxylic acids is 1. The maximum Gasteiger partial charge on any atom is 0.239 e. The van der Waals surface area contributed by atoms with Gasteiger partial charge in [-0.25, -0.2) is 0 Å². The van der Waals surface area contributed by atoms with Crippen molar-refractivity contribution in [3.8, 4) is 0 Å². The van der Waals surface area contributed by atoms with Gasteiger partial charge < -0.3 is 11.1 Å². The van der Waals surface area contributed by atoms with Crippen LogP contribution in [0, 0.1) is 12.8 Å². The molecule has 0 saturated carbocycles. The molecular formula is C11H17BrN2OS. The summed E-state index contributed by atoms with van der Waals surface area (Å²) < 4.78 is 1.03. The van der Waals surface area contributed by atoms with E-state index in [0.717, 1.165) is 20.8 Å². The molecule has 0 aliphatic heterocycles. The van der Waals surface area contributed by atoms with Gasteiger partial charge in [0.2, 0.25) is 5.91 Å². The van der Waals surface area contributed by atoms with E-state index in [0.29, 0.717) is 5.92 Å².